The Bertz CT molecular complexity index is 889. The van der Waals surface area contributed by atoms with Crippen molar-refractivity contribution < 1.29 is 4.79 Å². The molecule has 0 radical (unpaired) electrons. The number of aromatic nitrogens is 2. The number of carbonyl (C=O) groups is 1. The van der Waals surface area contributed by atoms with E-state index in [1.165, 1.54) is 0 Å². The maximum atomic E-state index is 12.3. The van der Waals surface area contributed by atoms with E-state index in [4.69, 9.17) is 0 Å². The van der Waals surface area contributed by atoms with Crippen LogP contribution in [-0.4, -0.2) is 15.9 Å². The summed E-state index contributed by atoms with van der Waals surface area (Å²) in [5.41, 5.74) is 3.89. The average molecular weight is 397 g/mol. The number of hydrogen-bond donors (Lipinski definition) is 2. The molecular formula is C19H17BrN4O. The van der Waals surface area contributed by atoms with Crippen LogP contribution in [0.15, 0.2) is 59.1 Å². The Hall–Kier alpha value is -2.73. The van der Waals surface area contributed by atoms with Crippen LogP contribution in [-0.2, 0) is 0 Å². The van der Waals surface area contributed by atoms with Gasteiger partial charge in [-0.15, -0.1) is 0 Å². The Morgan fingerprint density at radius 3 is 2.24 bits per heavy atom. The molecule has 0 bridgehead atoms. The van der Waals surface area contributed by atoms with Crippen molar-refractivity contribution in [2.24, 2.45) is 0 Å². The third-order valence-corrected chi connectivity index (χ3v) is 3.99. The van der Waals surface area contributed by atoms with E-state index in [-0.39, 0.29) is 5.91 Å². The molecule has 3 rings (SSSR count). The molecule has 0 saturated heterocycles. The van der Waals surface area contributed by atoms with E-state index in [1.807, 2.05) is 56.3 Å². The molecule has 5 nitrogen and oxygen atoms in total. The van der Waals surface area contributed by atoms with Crippen LogP contribution in [0.3, 0.4) is 0 Å². The normalized spacial score (nSPS) is 10.4. The highest BCUT2D eigenvalue weighted by molar-refractivity contribution is 9.10. The third kappa shape index (κ3) is 4.64. The molecule has 1 aromatic heterocycles. The number of nitrogens with zero attached hydrogens (tertiary/aromatic N) is 2. The van der Waals surface area contributed by atoms with Crippen molar-refractivity contribution in [3.8, 4) is 0 Å². The van der Waals surface area contributed by atoms with Crippen molar-refractivity contribution >= 4 is 39.2 Å². The monoisotopic (exact) mass is 396 g/mol. The molecule has 25 heavy (non-hydrogen) atoms. The second-order valence-electron chi connectivity index (χ2n) is 5.64. The van der Waals surface area contributed by atoms with Crippen LogP contribution in [0.4, 0.5) is 17.3 Å². The van der Waals surface area contributed by atoms with Gasteiger partial charge in [0, 0.05) is 32.8 Å². The topological polar surface area (TPSA) is 66.9 Å². The minimum Gasteiger partial charge on any atom is -0.324 e. The van der Waals surface area contributed by atoms with Gasteiger partial charge in [-0.1, -0.05) is 22.0 Å². The van der Waals surface area contributed by atoms with Crippen LogP contribution < -0.4 is 10.6 Å². The van der Waals surface area contributed by atoms with Crippen LogP contribution in [0.1, 0.15) is 21.7 Å². The van der Waals surface area contributed by atoms with Crippen LogP contribution in [0.2, 0.25) is 0 Å². The Balaban J connectivity index is 1.74. The lowest BCUT2D eigenvalue weighted by Crippen LogP contribution is -2.11. The predicted molar refractivity (Wildman–Crippen MR) is 103 cm³/mol. The fraction of sp³-hybridized carbons (Fsp3) is 0.105. The molecule has 0 atom stereocenters. The number of nitrogens with one attached hydrogen (secondary N) is 2. The Morgan fingerprint density at radius 2 is 1.56 bits per heavy atom. The molecule has 3 aromatic rings. The van der Waals surface area contributed by atoms with Crippen molar-refractivity contribution in [2.45, 2.75) is 13.8 Å². The van der Waals surface area contributed by atoms with Crippen molar-refractivity contribution in [2.75, 3.05) is 10.6 Å². The molecular weight excluding hydrogens is 380 g/mol. The van der Waals surface area contributed by atoms with Gasteiger partial charge in [-0.2, -0.15) is 0 Å². The summed E-state index contributed by atoms with van der Waals surface area (Å²) in [7, 11) is 0. The smallest absolute Gasteiger partial charge is 0.255 e. The highest BCUT2D eigenvalue weighted by atomic mass is 79.9. The average Bonchev–Trinajstić information content (AvgIpc) is 2.54. The maximum absolute atomic E-state index is 12.3. The van der Waals surface area contributed by atoms with Gasteiger partial charge in [0.1, 0.15) is 0 Å². The number of carbonyl (C=O) groups excluding carboxylic acids is 1. The fourth-order valence-electron chi connectivity index (χ4n) is 2.39. The van der Waals surface area contributed by atoms with Crippen molar-refractivity contribution in [1.29, 1.82) is 0 Å². The van der Waals surface area contributed by atoms with Gasteiger partial charge >= 0.3 is 0 Å². The summed E-state index contributed by atoms with van der Waals surface area (Å²) in [5.74, 6) is 0.376. The quantitative estimate of drug-likeness (QED) is 0.661. The first kappa shape index (κ1) is 17.1. The highest BCUT2D eigenvalue weighted by Crippen LogP contribution is 2.19. The van der Waals surface area contributed by atoms with Gasteiger partial charge in [-0.25, -0.2) is 9.97 Å². The van der Waals surface area contributed by atoms with Crippen LogP contribution in [0.5, 0.6) is 0 Å². The lowest BCUT2D eigenvalue weighted by Gasteiger charge is -2.10. The molecule has 0 unspecified atom stereocenters. The number of hydrogen-bond acceptors (Lipinski definition) is 4. The molecule has 0 spiro atoms. The summed E-state index contributed by atoms with van der Waals surface area (Å²) in [6, 6.07) is 16.6. The maximum Gasteiger partial charge on any atom is 0.255 e. The molecule has 0 aliphatic carbocycles. The molecule has 1 amide bonds. The van der Waals surface area contributed by atoms with Crippen molar-refractivity contribution in [3.05, 3.63) is 76.0 Å². The summed E-state index contributed by atoms with van der Waals surface area (Å²) in [6.07, 6.45) is 0. The zero-order chi connectivity index (χ0) is 17.8. The number of halogens is 1. The lowest BCUT2D eigenvalue weighted by molar-refractivity contribution is 0.102. The van der Waals surface area contributed by atoms with Gasteiger partial charge in [0.2, 0.25) is 5.95 Å². The van der Waals surface area contributed by atoms with Gasteiger partial charge in [0.15, 0.2) is 0 Å². The molecule has 2 aromatic carbocycles. The number of amides is 1. The second-order valence-corrected chi connectivity index (χ2v) is 6.56. The lowest BCUT2D eigenvalue weighted by atomic mass is 10.2. The molecule has 0 fully saturated rings. The molecule has 1 heterocycles. The van der Waals surface area contributed by atoms with E-state index in [2.05, 4.69) is 36.5 Å². The Kier molecular flexibility index (Phi) is 5.09. The van der Waals surface area contributed by atoms with Crippen molar-refractivity contribution in [1.82, 2.24) is 9.97 Å². The van der Waals surface area contributed by atoms with Gasteiger partial charge < -0.3 is 10.6 Å². The molecule has 0 saturated carbocycles. The van der Waals surface area contributed by atoms with Gasteiger partial charge in [-0.3, -0.25) is 4.79 Å². The highest BCUT2D eigenvalue weighted by Gasteiger charge is 2.07. The zero-order valence-electron chi connectivity index (χ0n) is 13.9. The van der Waals surface area contributed by atoms with Crippen molar-refractivity contribution in [3.63, 3.8) is 0 Å². The van der Waals surface area contributed by atoms with E-state index in [9.17, 15) is 4.79 Å². The van der Waals surface area contributed by atoms with Crippen LogP contribution >= 0.6 is 15.9 Å². The summed E-state index contributed by atoms with van der Waals surface area (Å²) in [6.45, 7) is 3.85. The van der Waals surface area contributed by atoms with E-state index in [0.29, 0.717) is 17.2 Å². The largest absolute Gasteiger partial charge is 0.324 e. The van der Waals surface area contributed by atoms with E-state index >= 15 is 0 Å². The van der Waals surface area contributed by atoms with Crippen LogP contribution in [0, 0.1) is 13.8 Å². The number of aryl methyl sites for hydroxylation is 2. The predicted octanol–water partition coefficient (Wildman–Crippen LogP) is 4.85. The molecule has 0 aliphatic rings. The first-order valence-corrected chi connectivity index (χ1v) is 8.55. The number of benzene rings is 2. The SMILES string of the molecule is Cc1cc(C)nc(Nc2cccc(NC(=O)c3ccc(Br)cc3)c2)n1. The zero-order valence-corrected chi connectivity index (χ0v) is 15.5. The summed E-state index contributed by atoms with van der Waals surface area (Å²) in [4.78, 5) is 21.0. The molecule has 6 heteroatoms. The number of anilines is 3. The third-order valence-electron chi connectivity index (χ3n) is 3.47. The Labute approximate surface area is 154 Å². The first-order chi connectivity index (χ1) is 12.0. The Morgan fingerprint density at radius 1 is 0.920 bits per heavy atom. The summed E-state index contributed by atoms with van der Waals surface area (Å²) >= 11 is 3.36. The standard InChI is InChI=1S/C19H17BrN4O/c1-12-10-13(2)22-19(21-12)24-17-5-3-4-16(11-17)23-18(25)14-6-8-15(20)9-7-14/h3-11H,1-2H3,(H,23,25)(H,21,22,24). The summed E-state index contributed by atoms with van der Waals surface area (Å²) < 4.78 is 0.934. The minimum absolute atomic E-state index is 0.160. The van der Waals surface area contributed by atoms with E-state index in [1.54, 1.807) is 12.1 Å². The molecule has 126 valence electrons. The molecule has 2 N–H and O–H groups in total. The second kappa shape index (κ2) is 7.44. The van der Waals surface area contributed by atoms with Gasteiger partial charge in [0.25, 0.3) is 5.91 Å². The van der Waals surface area contributed by atoms with E-state index < -0.39 is 0 Å². The van der Waals surface area contributed by atoms with Crippen LogP contribution in [0.25, 0.3) is 0 Å². The number of rotatable bonds is 4. The van der Waals surface area contributed by atoms with Gasteiger partial charge in [-0.05, 0) is 62.4 Å². The summed E-state index contributed by atoms with van der Waals surface area (Å²) in [5, 5.41) is 6.06. The van der Waals surface area contributed by atoms with E-state index in [0.717, 1.165) is 21.5 Å². The molecule has 0 aliphatic heterocycles. The first-order valence-electron chi connectivity index (χ1n) is 7.76. The minimum atomic E-state index is -0.160. The van der Waals surface area contributed by atoms with Gasteiger partial charge in [0.05, 0.1) is 0 Å². The fourth-order valence-corrected chi connectivity index (χ4v) is 2.65.